The van der Waals surface area contributed by atoms with Gasteiger partial charge in [-0.25, -0.2) is 4.98 Å². The van der Waals surface area contributed by atoms with Gasteiger partial charge >= 0.3 is 0 Å². The Hall–Kier alpha value is -2.74. The number of hydrogen-bond donors (Lipinski definition) is 1. The summed E-state index contributed by atoms with van der Waals surface area (Å²) in [6, 6.07) is 6.25. The first-order chi connectivity index (χ1) is 15.2. The maximum Gasteiger partial charge on any atom is 0.231 e. The van der Waals surface area contributed by atoms with E-state index >= 15 is 0 Å². The number of guanidine groups is 1. The van der Waals surface area contributed by atoms with Gasteiger partial charge in [-0.15, -0.1) is 0 Å². The van der Waals surface area contributed by atoms with Gasteiger partial charge in [0.05, 0.1) is 0 Å². The van der Waals surface area contributed by atoms with E-state index in [0.717, 1.165) is 88.5 Å². The number of piperazine rings is 1. The molecule has 168 valence electrons. The highest BCUT2D eigenvalue weighted by Crippen LogP contribution is 2.32. The molecule has 8 heteroatoms. The predicted octanol–water partition coefficient (Wildman–Crippen LogP) is 2.48. The Kier molecular flexibility index (Phi) is 7.30. The maximum absolute atomic E-state index is 5.51. The van der Waals surface area contributed by atoms with Gasteiger partial charge in [0, 0.05) is 64.8 Å². The van der Waals surface area contributed by atoms with Gasteiger partial charge in [0.2, 0.25) is 6.79 Å². The second-order valence-electron chi connectivity index (χ2n) is 8.06. The summed E-state index contributed by atoms with van der Waals surface area (Å²) in [5, 5.41) is 3.47. The zero-order valence-electron chi connectivity index (χ0n) is 18.7. The van der Waals surface area contributed by atoms with E-state index in [1.165, 1.54) is 5.56 Å². The van der Waals surface area contributed by atoms with Gasteiger partial charge < -0.3 is 24.3 Å². The molecule has 1 saturated heterocycles. The van der Waals surface area contributed by atoms with E-state index in [2.05, 4.69) is 43.7 Å². The van der Waals surface area contributed by atoms with Crippen LogP contribution in [0.4, 0.5) is 0 Å². The van der Waals surface area contributed by atoms with Crippen LogP contribution in [0.1, 0.15) is 31.2 Å². The molecule has 2 aliphatic rings. The number of unbranched alkanes of at least 4 members (excludes halogenated alkanes) is 1. The highest BCUT2D eigenvalue weighted by molar-refractivity contribution is 5.80. The quantitative estimate of drug-likeness (QED) is 0.397. The van der Waals surface area contributed by atoms with Crippen molar-refractivity contribution in [2.75, 3.05) is 46.1 Å². The average molecular weight is 427 g/mol. The molecular formula is C23H34N6O2. The Bertz CT molecular complexity index is 873. The zero-order chi connectivity index (χ0) is 21.5. The lowest BCUT2D eigenvalue weighted by Crippen LogP contribution is -2.52. The first-order valence-electron chi connectivity index (χ1n) is 11.3. The third-order valence-electron chi connectivity index (χ3n) is 5.84. The second-order valence-corrected chi connectivity index (χ2v) is 8.06. The van der Waals surface area contributed by atoms with Gasteiger partial charge in [-0.2, -0.15) is 0 Å². The number of benzene rings is 1. The Morgan fingerprint density at radius 1 is 1.13 bits per heavy atom. The van der Waals surface area contributed by atoms with Gasteiger partial charge in [-0.05, 0) is 44.4 Å². The Balaban J connectivity index is 1.22. The van der Waals surface area contributed by atoms with Crippen LogP contribution in [0.3, 0.4) is 0 Å². The molecule has 2 aromatic rings. The normalized spacial score (nSPS) is 16.7. The monoisotopic (exact) mass is 426 g/mol. The third kappa shape index (κ3) is 5.70. The van der Waals surface area contributed by atoms with Crippen molar-refractivity contribution in [2.45, 2.75) is 39.8 Å². The van der Waals surface area contributed by atoms with E-state index in [9.17, 15) is 0 Å². The molecule has 1 aromatic carbocycles. The minimum Gasteiger partial charge on any atom is -0.454 e. The fourth-order valence-electron chi connectivity index (χ4n) is 4.06. The molecule has 3 heterocycles. The summed E-state index contributed by atoms with van der Waals surface area (Å²) >= 11 is 0. The number of rotatable bonds is 8. The molecule has 0 radical (unpaired) electrons. The lowest BCUT2D eigenvalue weighted by Gasteiger charge is -2.36. The van der Waals surface area contributed by atoms with Crippen LogP contribution < -0.4 is 14.8 Å². The first kappa shape index (κ1) is 21.5. The molecule has 0 bridgehead atoms. The molecule has 1 N–H and O–H groups in total. The molecule has 0 amide bonds. The number of ether oxygens (including phenoxy) is 2. The number of nitrogens with one attached hydrogen (secondary N) is 1. The van der Waals surface area contributed by atoms with Crippen molar-refractivity contribution in [3.05, 3.63) is 42.0 Å². The molecule has 31 heavy (non-hydrogen) atoms. The molecule has 0 spiro atoms. The molecule has 4 rings (SSSR count). The van der Waals surface area contributed by atoms with E-state index in [-0.39, 0.29) is 0 Å². The predicted molar refractivity (Wildman–Crippen MR) is 122 cm³/mol. The van der Waals surface area contributed by atoms with E-state index in [1.54, 1.807) is 0 Å². The van der Waals surface area contributed by atoms with Crippen molar-refractivity contribution < 1.29 is 9.47 Å². The average Bonchev–Trinajstić information content (AvgIpc) is 3.42. The van der Waals surface area contributed by atoms with Gasteiger partial charge in [-0.1, -0.05) is 6.07 Å². The molecule has 8 nitrogen and oxygen atoms in total. The van der Waals surface area contributed by atoms with Crippen molar-refractivity contribution in [1.29, 1.82) is 0 Å². The highest BCUT2D eigenvalue weighted by Gasteiger charge is 2.20. The molecule has 0 atom stereocenters. The molecule has 1 aromatic heterocycles. The minimum absolute atomic E-state index is 0.327. The summed E-state index contributed by atoms with van der Waals surface area (Å²) in [4.78, 5) is 14.0. The number of hydrogen-bond acceptors (Lipinski definition) is 5. The summed E-state index contributed by atoms with van der Waals surface area (Å²) in [5.41, 5.74) is 1.27. The van der Waals surface area contributed by atoms with Crippen LogP contribution in [0.25, 0.3) is 0 Å². The number of aliphatic imine (C=N–C) groups is 1. The second kappa shape index (κ2) is 10.5. The van der Waals surface area contributed by atoms with Crippen LogP contribution in [-0.4, -0.2) is 71.4 Å². The van der Waals surface area contributed by atoms with Crippen LogP contribution in [-0.2, 0) is 13.1 Å². The zero-order valence-corrected chi connectivity index (χ0v) is 18.7. The molecule has 0 saturated carbocycles. The summed E-state index contributed by atoms with van der Waals surface area (Å²) in [5.74, 6) is 3.83. The van der Waals surface area contributed by atoms with Crippen LogP contribution in [0.5, 0.6) is 11.5 Å². The summed E-state index contributed by atoms with van der Waals surface area (Å²) in [6.45, 7) is 12.2. The lowest BCUT2D eigenvalue weighted by molar-refractivity contribution is 0.171. The largest absolute Gasteiger partial charge is 0.454 e. The van der Waals surface area contributed by atoms with Crippen molar-refractivity contribution in [3.8, 4) is 11.5 Å². The van der Waals surface area contributed by atoms with Crippen molar-refractivity contribution in [2.24, 2.45) is 4.99 Å². The van der Waals surface area contributed by atoms with E-state index in [4.69, 9.17) is 14.5 Å². The Morgan fingerprint density at radius 2 is 1.97 bits per heavy atom. The summed E-state index contributed by atoms with van der Waals surface area (Å²) in [7, 11) is 0. The first-order valence-corrected chi connectivity index (χ1v) is 11.3. The Labute approximate surface area is 184 Å². The van der Waals surface area contributed by atoms with E-state index in [0.29, 0.717) is 6.79 Å². The highest BCUT2D eigenvalue weighted by atomic mass is 16.7. The number of aryl methyl sites for hydroxylation is 2. The standard InChI is InChI=1S/C23H34N6O2/c1-3-24-23(26-8-4-5-10-28-11-9-25-19(28)2)29-14-12-27(13-15-29)17-20-6-7-21-22(16-20)31-18-30-21/h6-7,9,11,16H,3-5,8,10,12-15,17-18H2,1-2H3,(H,24,26). The number of fused-ring (bicyclic) bond motifs is 1. The van der Waals surface area contributed by atoms with E-state index < -0.39 is 0 Å². The minimum atomic E-state index is 0.327. The third-order valence-corrected chi connectivity index (χ3v) is 5.84. The van der Waals surface area contributed by atoms with Gasteiger partial charge in [-0.3, -0.25) is 9.89 Å². The summed E-state index contributed by atoms with van der Waals surface area (Å²) < 4.78 is 13.1. The lowest BCUT2D eigenvalue weighted by atomic mass is 10.1. The van der Waals surface area contributed by atoms with Crippen molar-refractivity contribution in [1.82, 2.24) is 24.7 Å². The molecule has 0 aliphatic carbocycles. The molecule has 2 aliphatic heterocycles. The van der Waals surface area contributed by atoms with Crippen LogP contribution in [0.15, 0.2) is 35.6 Å². The fraction of sp³-hybridized carbons (Fsp3) is 0.565. The number of nitrogens with zero attached hydrogens (tertiary/aromatic N) is 5. The van der Waals surface area contributed by atoms with Crippen LogP contribution in [0, 0.1) is 6.92 Å². The number of imidazole rings is 1. The molecular weight excluding hydrogens is 392 g/mol. The van der Waals surface area contributed by atoms with Crippen LogP contribution >= 0.6 is 0 Å². The Morgan fingerprint density at radius 3 is 2.74 bits per heavy atom. The number of aromatic nitrogens is 2. The van der Waals surface area contributed by atoms with Gasteiger partial charge in [0.25, 0.3) is 0 Å². The smallest absolute Gasteiger partial charge is 0.231 e. The van der Waals surface area contributed by atoms with Gasteiger partial charge in [0.1, 0.15) is 5.82 Å². The van der Waals surface area contributed by atoms with Crippen molar-refractivity contribution >= 4 is 5.96 Å². The van der Waals surface area contributed by atoms with Gasteiger partial charge in [0.15, 0.2) is 17.5 Å². The maximum atomic E-state index is 5.51. The molecule has 1 fully saturated rings. The molecule has 0 unspecified atom stereocenters. The van der Waals surface area contributed by atoms with Crippen LogP contribution in [0.2, 0.25) is 0 Å². The SMILES string of the molecule is CCNC(=NCCCCn1ccnc1C)N1CCN(Cc2ccc3c(c2)OCO3)CC1. The van der Waals surface area contributed by atoms with Crippen molar-refractivity contribution in [3.63, 3.8) is 0 Å². The van der Waals surface area contributed by atoms with E-state index in [1.807, 2.05) is 25.4 Å². The summed E-state index contributed by atoms with van der Waals surface area (Å²) in [6.07, 6.45) is 6.11. The fourth-order valence-corrected chi connectivity index (χ4v) is 4.06. The topological polar surface area (TPSA) is 67.2 Å².